The van der Waals surface area contributed by atoms with E-state index in [1.54, 1.807) is 0 Å². The molecule has 2 heterocycles. The minimum absolute atomic E-state index is 0.0925. The van der Waals surface area contributed by atoms with E-state index in [1.165, 1.54) is 12.4 Å². The Morgan fingerprint density at radius 2 is 2.27 bits per heavy atom. The normalized spacial score (nSPS) is 20.1. The smallest absolute Gasteiger partial charge is 0.305 e. The Morgan fingerprint density at radius 3 is 2.80 bits per heavy atom. The lowest BCUT2D eigenvalue weighted by Crippen LogP contribution is -2.23. The zero-order chi connectivity index (χ0) is 10.7. The number of hydrogen-bond acceptors (Lipinski definition) is 6. The summed E-state index contributed by atoms with van der Waals surface area (Å²) >= 11 is 0. The zero-order valence-corrected chi connectivity index (χ0v) is 8.01. The van der Waals surface area contributed by atoms with Gasteiger partial charge in [0.15, 0.2) is 0 Å². The van der Waals surface area contributed by atoms with Crippen LogP contribution in [0.1, 0.15) is 6.42 Å². The molecule has 0 saturated carbocycles. The van der Waals surface area contributed by atoms with Crippen molar-refractivity contribution < 1.29 is 4.92 Å². The van der Waals surface area contributed by atoms with Gasteiger partial charge in [0, 0.05) is 12.6 Å². The van der Waals surface area contributed by atoms with Crippen molar-refractivity contribution >= 4 is 11.6 Å². The molecule has 0 aliphatic carbocycles. The fraction of sp³-hybridized carbons (Fsp3) is 0.500. The van der Waals surface area contributed by atoms with Gasteiger partial charge in [-0.25, -0.2) is 9.97 Å². The summed E-state index contributed by atoms with van der Waals surface area (Å²) in [5.74, 6) is 0.439. The monoisotopic (exact) mass is 209 g/mol. The van der Waals surface area contributed by atoms with Crippen LogP contribution in [0.5, 0.6) is 0 Å². The topological polar surface area (TPSA) is 93.0 Å². The molecule has 0 amide bonds. The molecule has 1 aliphatic rings. The van der Waals surface area contributed by atoms with E-state index in [0.29, 0.717) is 12.0 Å². The van der Waals surface area contributed by atoms with Gasteiger partial charge in [-0.1, -0.05) is 0 Å². The summed E-state index contributed by atoms with van der Waals surface area (Å²) in [5.41, 5.74) is -0.0925. The van der Waals surface area contributed by atoms with Gasteiger partial charge in [-0.05, 0) is 13.0 Å². The second-order valence-corrected chi connectivity index (χ2v) is 3.36. The summed E-state index contributed by atoms with van der Waals surface area (Å²) in [6.45, 7) is 1.85. The number of aromatic nitrogens is 2. The van der Waals surface area contributed by atoms with Crippen LogP contribution in [0.3, 0.4) is 0 Å². The van der Waals surface area contributed by atoms with Gasteiger partial charge in [0.2, 0.25) is 5.95 Å². The van der Waals surface area contributed by atoms with Crippen LogP contribution in [0.15, 0.2) is 12.4 Å². The molecule has 0 spiro atoms. The first-order chi connectivity index (χ1) is 7.25. The summed E-state index contributed by atoms with van der Waals surface area (Å²) in [4.78, 5) is 17.6. The standard InChI is InChI=1S/C8H11N5O2/c14-13(15)7-4-10-8(11-5-7)12-6-1-2-9-3-6/h4-6,9H,1-3H2,(H,10,11,12)/t6-/m1/s1. The lowest BCUT2D eigenvalue weighted by molar-refractivity contribution is -0.385. The van der Waals surface area contributed by atoms with Gasteiger partial charge in [0.05, 0.1) is 4.92 Å². The average Bonchev–Trinajstić information content (AvgIpc) is 2.71. The van der Waals surface area contributed by atoms with Gasteiger partial charge in [-0.2, -0.15) is 0 Å². The molecule has 2 rings (SSSR count). The van der Waals surface area contributed by atoms with Gasteiger partial charge in [-0.3, -0.25) is 10.1 Å². The molecule has 0 aromatic carbocycles. The number of rotatable bonds is 3. The maximum atomic E-state index is 10.4. The van der Waals surface area contributed by atoms with E-state index in [2.05, 4.69) is 20.6 Å². The van der Waals surface area contributed by atoms with Crippen LogP contribution in [0.2, 0.25) is 0 Å². The van der Waals surface area contributed by atoms with Gasteiger partial charge in [-0.15, -0.1) is 0 Å². The maximum Gasteiger partial charge on any atom is 0.305 e. The molecule has 1 saturated heterocycles. The lowest BCUT2D eigenvalue weighted by Gasteiger charge is -2.09. The largest absolute Gasteiger partial charge is 0.350 e. The minimum Gasteiger partial charge on any atom is -0.350 e. The Hall–Kier alpha value is -1.76. The van der Waals surface area contributed by atoms with Crippen molar-refractivity contribution in [1.82, 2.24) is 15.3 Å². The fourth-order valence-electron chi connectivity index (χ4n) is 1.45. The van der Waals surface area contributed by atoms with Crippen LogP contribution in [0.4, 0.5) is 11.6 Å². The Balaban J connectivity index is 2.00. The Morgan fingerprint density at radius 1 is 1.53 bits per heavy atom. The van der Waals surface area contributed by atoms with Crippen LogP contribution < -0.4 is 10.6 Å². The minimum atomic E-state index is -0.513. The lowest BCUT2D eigenvalue weighted by atomic mass is 10.3. The fourth-order valence-corrected chi connectivity index (χ4v) is 1.45. The third kappa shape index (κ3) is 2.38. The number of anilines is 1. The molecule has 1 fully saturated rings. The highest BCUT2D eigenvalue weighted by molar-refractivity contribution is 5.31. The molecular weight excluding hydrogens is 198 g/mol. The molecule has 0 unspecified atom stereocenters. The first-order valence-electron chi connectivity index (χ1n) is 4.69. The van der Waals surface area contributed by atoms with Crippen LogP contribution in [-0.2, 0) is 0 Å². The highest BCUT2D eigenvalue weighted by atomic mass is 16.6. The van der Waals surface area contributed by atoms with E-state index in [-0.39, 0.29) is 5.69 Å². The molecule has 0 bridgehead atoms. The van der Waals surface area contributed by atoms with Gasteiger partial charge >= 0.3 is 5.69 Å². The maximum absolute atomic E-state index is 10.4. The average molecular weight is 209 g/mol. The molecule has 15 heavy (non-hydrogen) atoms. The Bertz CT molecular complexity index is 347. The molecule has 0 radical (unpaired) electrons. The number of hydrogen-bond donors (Lipinski definition) is 2. The second kappa shape index (κ2) is 4.18. The molecule has 7 nitrogen and oxygen atoms in total. The van der Waals surface area contributed by atoms with Crippen molar-refractivity contribution in [3.05, 3.63) is 22.5 Å². The van der Waals surface area contributed by atoms with Gasteiger partial charge < -0.3 is 10.6 Å². The predicted octanol–water partition coefficient (Wildman–Crippen LogP) is 0.159. The Kier molecular flexibility index (Phi) is 2.72. The van der Waals surface area contributed by atoms with Crippen LogP contribution in [-0.4, -0.2) is 34.0 Å². The van der Waals surface area contributed by atoms with Crippen molar-refractivity contribution in [3.8, 4) is 0 Å². The summed E-state index contributed by atoms with van der Waals surface area (Å²) in [5, 5.41) is 16.6. The Labute approximate surface area is 86.1 Å². The van der Waals surface area contributed by atoms with E-state index < -0.39 is 4.92 Å². The summed E-state index contributed by atoms with van der Waals surface area (Å²) < 4.78 is 0. The van der Waals surface area contributed by atoms with E-state index in [9.17, 15) is 10.1 Å². The SMILES string of the molecule is O=[N+]([O-])c1cnc(N[C@@H]2CCNC2)nc1. The molecule has 2 N–H and O–H groups in total. The van der Waals surface area contributed by atoms with Crippen LogP contribution >= 0.6 is 0 Å². The van der Waals surface area contributed by atoms with Gasteiger partial charge in [0.25, 0.3) is 0 Å². The molecule has 1 atom stereocenters. The molecule has 7 heteroatoms. The summed E-state index contributed by atoms with van der Waals surface area (Å²) in [6.07, 6.45) is 3.43. The first-order valence-corrected chi connectivity index (χ1v) is 4.69. The molecule has 1 aromatic rings. The van der Waals surface area contributed by atoms with E-state index in [1.807, 2.05) is 0 Å². The molecule has 1 aromatic heterocycles. The first kappa shape index (κ1) is 9.78. The van der Waals surface area contributed by atoms with Crippen LogP contribution in [0.25, 0.3) is 0 Å². The van der Waals surface area contributed by atoms with E-state index in [4.69, 9.17) is 0 Å². The molecule has 80 valence electrons. The number of nitrogens with zero attached hydrogens (tertiary/aromatic N) is 3. The van der Waals surface area contributed by atoms with Gasteiger partial charge in [0.1, 0.15) is 12.4 Å². The highest BCUT2D eigenvalue weighted by Gasteiger charge is 2.15. The number of nitro groups is 1. The third-order valence-electron chi connectivity index (χ3n) is 2.24. The highest BCUT2D eigenvalue weighted by Crippen LogP contribution is 2.10. The zero-order valence-electron chi connectivity index (χ0n) is 8.01. The quantitative estimate of drug-likeness (QED) is 0.544. The van der Waals surface area contributed by atoms with Crippen molar-refractivity contribution in [1.29, 1.82) is 0 Å². The second-order valence-electron chi connectivity index (χ2n) is 3.36. The predicted molar refractivity (Wildman–Crippen MR) is 53.6 cm³/mol. The van der Waals surface area contributed by atoms with Crippen molar-refractivity contribution in [3.63, 3.8) is 0 Å². The molecular formula is C8H11N5O2. The van der Waals surface area contributed by atoms with Crippen molar-refractivity contribution in [2.75, 3.05) is 18.4 Å². The van der Waals surface area contributed by atoms with Crippen molar-refractivity contribution in [2.24, 2.45) is 0 Å². The van der Waals surface area contributed by atoms with E-state index >= 15 is 0 Å². The van der Waals surface area contributed by atoms with Crippen molar-refractivity contribution in [2.45, 2.75) is 12.5 Å². The van der Waals surface area contributed by atoms with Crippen LogP contribution in [0, 0.1) is 10.1 Å². The summed E-state index contributed by atoms with van der Waals surface area (Å²) in [6, 6.07) is 0.312. The summed E-state index contributed by atoms with van der Waals surface area (Å²) in [7, 11) is 0. The third-order valence-corrected chi connectivity index (χ3v) is 2.24. The van der Waals surface area contributed by atoms with E-state index in [0.717, 1.165) is 19.5 Å². The molecule has 1 aliphatic heterocycles. The number of nitrogens with one attached hydrogen (secondary N) is 2.